The van der Waals surface area contributed by atoms with Gasteiger partial charge in [0.15, 0.2) is 0 Å². The van der Waals surface area contributed by atoms with Crippen molar-refractivity contribution in [2.45, 2.75) is 66.5 Å². The van der Waals surface area contributed by atoms with Crippen molar-refractivity contribution in [2.75, 3.05) is 26.7 Å². The van der Waals surface area contributed by atoms with E-state index in [1.807, 2.05) is 0 Å². The molecule has 3 atom stereocenters. The van der Waals surface area contributed by atoms with Gasteiger partial charge in [-0.1, -0.05) is 41.5 Å². The molecule has 0 radical (unpaired) electrons. The molecule has 1 rings (SSSR count). The Morgan fingerprint density at radius 1 is 1.15 bits per heavy atom. The lowest BCUT2D eigenvalue weighted by molar-refractivity contribution is 0.0249. The predicted octanol–water partition coefficient (Wildman–Crippen LogP) is 2.74. The standard InChI is InChI=1S/C17H36N2O/c1-16(2,3)12-18-14-8-13(10-19(7)11-14)9-15(20)17(4,5)6/h13-15,18,20H,8-12H2,1-7H3. The van der Waals surface area contributed by atoms with Crippen molar-refractivity contribution in [3.63, 3.8) is 0 Å². The van der Waals surface area contributed by atoms with Gasteiger partial charge in [-0.25, -0.2) is 0 Å². The fourth-order valence-electron chi connectivity index (χ4n) is 2.88. The number of nitrogens with zero attached hydrogens (tertiary/aromatic N) is 1. The molecule has 0 bridgehead atoms. The van der Waals surface area contributed by atoms with Gasteiger partial charge < -0.3 is 15.3 Å². The van der Waals surface area contributed by atoms with Gasteiger partial charge in [-0.3, -0.25) is 0 Å². The van der Waals surface area contributed by atoms with Crippen molar-refractivity contribution in [1.29, 1.82) is 0 Å². The molecule has 3 unspecified atom stereocenters. The van der Waals surface area contributed by atoms with E-state index in [-0.39, 0.29) is 11.5 Å². The van der Waals surface area contributed by atoms with Crippen LogP contribution in [0.5, 0.6) is 0 Å². The quantitative estimate of drug-likeness (QED) is 0.833. The first-order chi connectivity index (χ1) is 8.97. The van der Waals surface area contributed by atoms with Crippen LogP contribution in [0, 0.1) is 16.7 Å². The molecule has 0 aromatic carbocycles. The van der Waals surface area contributed by atoms with Crippen LogP contribution in [0.1, 0.15) is 54.4 Å². The molecule has 1 saturated heterocycles. The Balaban J connectivity index is 2.49. The summed E-state index contributed by atoms with van der Waals surface area (Å²) < 4.78 is 0. The van der Waals surface area contributed by atoms with Crippen LogP contribution in [-0.4, -0.2) is 48.8 Å². The Labute approximate surface area is 126 Å². The maximum atomic E-state index is 10.3. The van der Waals surface area contributed by atoms with E-state index in [4.69, 9.17) is 0 Å². The molecule has 0 saturated carbocycles. The second kappa shape index (κ2) is 6.76. The summed E-state index contributed by atoms with van der Waals surface area (Å²) in [4.78, 5) is 2.41. The van der Waals surface area contributed by atoms with Crippen LogP contribution in [0.4, 0.5) is 0 Å². The van der Waals surface area contributed by atoms with E-state index in [1.54, 1.807) is 0 Å². The summed E-state index contributed by atoms with van der Waals surface area (Å²) in [5, 5.41) is 14.0. The zero-order chi connectivity index (χ0) is 15.6. The van der Waals surface area contributed by atoms with Crippen molar-refractivity contribution < 1.29 is 5.11 Å². The molecule has 0 aromatic heterocycles. The van der Waals surface area contributed by atoms with Crippen LogP contribution in [0.2, 0.25) is 0 Å². The molecular formula is C17H36N2O. The normalized spacial score (nSPS) is 27.6. The van der Waals surface area contributed by atoms with Crippen molar-refractivity contribution in [3.8, 4) is 0 Å². The topological polar surface area (TPSA) is 35.5 Å². The third-order valence-electron chi connectivity index (χ3n) is 4.20. The van der Waals surface area contributed by atoms with E-state index in [9.17, 15) is 5.11 Å². The Bertz CT molecular complexity index is 290. The van der Waals surface area contributed by atoms with E-state index >= 15 is 0 Å². The summed E-state index contributed by atoms with van der Waals surface area (Å²) in [7, 11) is 2.20. The summed E-state index contributed by atoms with van der Waals surface area (Å²) in [6, 6.07) is 0.560. The lowest BCUT2D eigenvalue weighted by Gasteiger charge is -2.39. The second-order valence-electron chi connectivity index (χ2n) is 9.08. The van der Waals surface area contributed by atoms with Crippen molar-refractivity contribution >= 4 is 0 Å². The number of nitrogens with one attached hydrogen (secondary N) is 1. The number of likely N-dealkylation sites (N-methyl/N-ethyl adjacent to an activating group) is 1. The summed E-state index contributed by atoms with van der Waals surface area (Å²) in [5.41, 5.74) is 0.320. The first kappa shape index (κ1) is 17.9. The highest BCUT2D eigenvalue weighted by Crippen LogP contribution is 2.28. The Kier molecular flexibility index (Phi) is 6.06. The van der Waals surface area contributed by atoms with Gasteiger partial charge in [0.05, 0.1) is 6.10 Å². The van der Waals surface area contributed by atoms with E-state index < -0.39 is 0 Å². The zero-order valence-corrected chi connectivity index (χ0v) is 14.7. The molecule has 1 fully saturated rings. The monoisotopic (exact) mass is 284 g/mol. The van der Waals surface area contributed by atoms with Crippen molar-refractivity contribution in [3.05, 3.63) is 0 Å². The summed E-state index contributed by atoms with van der Waals surface area (Å²) in [6.45, 7) is 16.5. The van der Waals surface area contributed by atoms with Crippen LogP contribution >= 0.6 is 0 Å². The van der Waals surface area contributed by atoms with Crippen LogP contribution in [0.15, 0.2) is 0 Å². The highest BCUT2D eigenvalue weighted by molar-refractivity contribution is 4.86. The molecule has 0 spiro atoms. The average Bonchev–Trinajstić information content (AvgIpc) is 2.23. The minimum Gasteiger partial charge on any atom is -0.393 e. The molecule has 1 aliphatic heterocycles. The van der Waals surface area contributed by atoms with Crippen LogP contribution in [-0.2, 0) is 0 Å². The SMILES string of the molecule is CN1CC(CC(O)C(C)(C)C)CC(NCC(C)(C)C)C1. The number of likely N-dealkylation sites (tertiary alicyclic amines) is 1. The molecule has 1 heterocycles. The van der Waals surface area contributed by atoms with Gasteiger partial charge in [0.2, 0.25) is 0 Å². The van der Waals surface area contributed by atoms with Gasteiger partial charge in [0.1, 0.15) is 0 Å². The smallest absolute Gasteiger partial charge is 0.0591 e. The van der Waals surface area contributed by atoms with Crippen LogP contribution < -0.4 is 5.32 Å². The van der Waals surface area contributed by atoms with E-state index in [2.05, 4.69) is 58.8 Å². The summed E-state index contributed by atoms with van der Waals surface area (Å²) in [5.74, 6) is 0.598. The zero-order valence-electron chi connectivity index (χ0n) is 14.7. The second-order valence-corrected chi connectivity index (χ2v) is 9.08. The summed E-state index contributed by atoms with van der Waals surface area (Å²) in [6.07, 6.45) is 1.90. The maximum Gasteiger partial charge on any atom is 0.0591 e. The number of aliphatic hydroxyl groups is 1. The molecule has 0 aliphatic carbocycles. The first-order valence-electron chi connectivity index (χ1n) is 8.07. The van der Waals surface area contributed by atoms with Crippen molar-refractivity contribution in [2.24, 2.45) is 16.7 Å². The van der Waals surface area contributed by atoms with E-state index in [0.717, 1.165) is 26.1 Å². The predicted molar refractivity (Wildman–Crippen MR) is 86.9 cm³/mol. The van der Waals surface area contributed by atoms with Crippen LogP contribution in [0.25, 0.3) is 0 Å². The Hall–Kier alpha value is -0.120. The number of aliphatic hydroxyl groups excluding tert-OH is 1. The van der Waals surface area contributed by atoms with Gasteiger partial charge in [-0.2, -0.15) is 0 Å². The minimum atomic E-state index is -0.206. The van der Waals surface area contributed by atoms with Crippen molar-refractivity contribution in [1.82, 2.24) is 10.2 Å². The molecule has 3 heteroatoms. The molecule has 0 amide bonds. The van der Waals surface area contributed by atoms with Gasteiger partial charge in [0.25, 0.3) is 0 Å². The van der Waals surface area contributed by atoms with Gasteiger partial charge in [0, 0.05) is 25.7 Å². The third kappa shape index (κ3) is 6.55. The van der Waals surface area contributed by atoms with Gasteiger partial charge in [-0.05, 0) is 36.6 Å². The van der Waals surface area contributed by atoms with Crippen LogP contribution in [0.3, 0.4) is 0 Å². The molecule has 120 valence electrons. The Morgan fingerprint density at radius 2 is 1.75 bits per heavy atom. The first-order valence-corrected chi connectivity index (χ1v) is 8.07. The van der Waals surface area contributed by atoms with E-state index in [1.165, 1.54) is 6.42 Å². The summed E-state index contributed by atoms with van der Waals surface area (Å²) >= 11 is 0. The molecule has 0 aromatic rings. The molecule has 1 aliphatic rings. The lowest BCUT2D eigenvalue weighted by atomic mass is 9.80. The third-order valence-corrected chi connectivity index (χ3v) is 4.20. The highest BCUT2D eigenvalue weighted by atomic mass is 16.3. The highest BCUT2D eigenvalue weighted by Gasteiger charge is 2.31. The fraction of sp³-hybridized carbons (Fsp3) is 1.00. The molecule has 20 heavy (non-hydrogen) atoms. The largest absolute Gasteiger partial charge is 0.393 e. The number of rotatable bonds is 4. The van der Waals surface area contributed by atoms with E-state index in [0.29, 0.717) is 17.4 Å². The molecular weight excluding hydrogens is 248 g/mol. The van der Waals surface area contributed by atoms with Gasteiger partial charge >= 0.3 is 0 Å². The van der Waals surface area contributed by atoms with Gasteiger partial charge in [-0.15, -0.1) is 0 Å². The lowest BCUT2D eigenvalue weighted by Crippen LogP contribution is -2.50. The fourth-order valence-corrected chi connectivity index (χ4v) is 2.88. The minimum absolute atomic E-state index is 0.00957. The average molecular weight is 284 g/mol. The molecule has 3 nitrogen and oxygen atoms in total. The maximum absolute atomic E-state index is 10.3. The number of hydrogen-bond acceptors (Lipinski definition) is 3. The number of hydrogen-bond donors (Lipinski definition) is 2. The number of piperidine rings is 1. The Morgan fingerprint density at radius 3 is 2.25 bits per heavy atom. The molecule has 2 N–H and O–H groups in total.